The second kappa shape index (κ2) is 8.53. The highest BCUT2D eigenvalue weighted by Crippen LogP contribution is 2.26. The Morgan fingerprint density at radius 1 is 1.25 bits per heavy atom. The Hall–Kier alpha value is -3.40. The summed E-state index contributed by atoms with van der Waals surface area (Å²) in [6, 6.07) is 11.4. The minimum Gasteiger partial charge on any atom is -0.457 e. The molecule has 0 spiro atoms. The van der Waals surface area contributed by atoms with Crippen molar-refractivity contribution in [1.29, 1.82) is 5.26 Å². The fraction of sp³-hybridized carbons (Fsp3) is 0.333. The zero-order valence-corrected chi connectivity index (χ0v) is 15.6. The predicted octanol–water partition coefficient (Wildman–Crippen LogP) is 4.46. The molecule has 0 bridgehead atoms. The number of nitro benzene ring substituents is 1. The van der Waals surface area contributed by atoms with Crippen LogP contribution in [0.4, 0.5) is 5.69 Å². The third-order valence-electron chi connectivity index (χ3n) is 5.07. The first-order valence-corrected chi connectivity index (χ1v) is 9.25. The molecule has 1 aromatic carbocycles. The van der Waals surface area contributed by atoms with E-state index < -0.39 is 10.8 Å². The van der Waals surface area contributed by atoms with E-state index in [-0.39, 0.29) is 17.3 Å². The molecule has 1 saturated carbocycles. The molecule has 2 atom stereocenters. The van der Waals surface area contributed by atoms with Crippen molar-refractivity contribution in [3.05, 3.63) is 57.8 Å². The molecule has 2 unspecified atom stereocenters. The van der Waals surface area contributed by atoms with Crippen molar-refractivity contribution in [3.63, 3.8) is 0 Å². The van der Waals surface area contributed by atoms with Gasteiger partial charge in [-0.25, -0.2) is 0 Å². The monoisotopic (exact) mass is 379 g/mol. The van der Waals surface area contributed by atoms with Crippen LogP contribution in [-0.2, 0) is 4.79 Å². The van der Waals surface area contributed by atoms with Crippen molar-refractivity contribution in [2.45, 2.75) is 38.6 Å². The van der Waals surface area contributed by atoms with Gasteiger partial charge in [-0.3, -0.25) is 14.9 Å². The summed E-state index contributed by atoms with van der Waals surface area (Å²) in [4.78, 5) is 22.7. The Morgan fingerprint density at radius 3 is 2.61 bits per heavy atom. The standard InChI is InChI=1S/C21H21N3O4/c1-14-4-2-3-5-19(14)23-21(25)16(13-22)12-18-10-11-20(28-18)15-6-8-17(9-7-15)24(26)27/h6-12,14,19H,2-5H2,1H3,(H,23,25)/b16-12+. The van der Waals surface area contributed by atoms with Crippen LogP contribution in [0.1, 0.15) is 38.4 Å². The second-order valence-corrected chi connectivity index (χ2v) is 7.02. The van der Waals surface area contributed by atoms with E-state index in [4.69, 9.17) is 4.42 Å². The van der Waals surface area contributed by atoms with Gasteiger partial charge in [0, 0.05) is 29.8 Å². The number of amides is 1. The van der Waals surface area contributed by atoms with Gasteiger partial charge in [-0.15, -0.1) is 0 Å². The lowest BCUT2D eigenvalue weighted by Gasteiger charge is -2.29. The molecule has 1 heterocycles. The molecule has 1 fully saturated rings. The zero-order chi connectivity index (χ0) is 20.1. The number of furan rings is 1. The highest BCUT2D eigenvalue weighted by atomic mass is 16.6. The predicted molar refractivity (Wildman–Crippen MR) is 104 cm³/mol. The Kier molecular flexibility index (Phi) is 5.90. The van der Waals surface area contributed by atoms with E-state index in [0.29, 0.717) is 23.0 Å². The van der Waals surface area contributed by atoms with Crippen LogP contribution in [0.2, 0.25) is 0 Å². The summed E-state index contributed by atoms with van der Waals surface area (Å²) < 4.78 is 5.69. The maximum absolute atomic E-state index is 12.5. The number of hydrogen-bond acceptors (Lipinski definition) is 5. The van der Waals surface area contributed by atoms with Gasteiger partial charge in [0.15, 0.2) is 0 Å². The van der Waals surface area contributed by atoms with Crippen LogP contribution in [-0.4, -0.2) is 16.9 Å². The summed E-state index contributed by atoms with van der Waals surface area (Å²) in [5.41, 5.74) is 0.655. The van der Waals surface area contributed by atoms with Crippen molar-refractivity contribution >= 4 is 17.7 Å². The third-order valence-corrected chi connectivity index (χ3v) is 5.07. The molecule has 1 amide bonds. The molecule has 7 nitrogen and oxygen atoms in total. The Bertz CT molecular complexity index is 937. The number of carbonyl (C=O) groups excluding carboxylic acids is 1. The molecule has 0 radical (unpaired) electrons. The van der Waals surface area contributed by atoms with Gasteiger partial charge in [-0.1, -0.05) is 19.8 Å². The minimum atomic E-state index is -0.467. The number of carbonyl (C=O) groups is 1. The van der Waals surface area contributed by atoms with E-state index in [0.717, 1.165) is 19.3 Å². The van der Waals surface area contributed by atoms with E-state index in [1.165, 1.54) is 24.6 Å². The van der Waals surface area contributed by atoms with Gasteiger partial charge in [0.05, 0.1) is 4.92 Å². The fourth-order valence-electron chi connectivity index (χ4n) is 3.40. The second-order valence-electron chi connectivity index (χ2n) is 7.02. The summed E-state index contributed by atoms with van der Waals surface area (Å²) in [6.07, 6.45) is 5.67. The number of hydrogen-bond donors (Lipinski definition) is 1. The number of benzene rings is 1. The van der Waals surface area contributed by atoms with Gasteiger partial charge < -0.3 is 9.73 Å². The molecule has 2 aromatic rings. The van der Waals surface area contributed by atoms with E-state index in [1.54, 1.807) is 24.3 Å². The molecule has 1 N–H and O–H groups in total. The first kappa shape index (κ1) is 19.4. The van der Waals surface area contributed by atoms with Crippen LogP contribution in [0, 0.1) is 27.4 Å². The molecule has 1 aliphatic rings. The molecule has 1 aromatic heterocycles. The maximum atomic E-state index is 12.5. The Morgan fingerprint density at radius 2 is 1.96 bits per heavy atom. The first-order chi connectivity index (χ1) is 13.5. The molecular weight excluding hydrogens is 358 g/mol. The van der Waals surface area contributed by atoms with Crippen molar-refractivity contribution < 1.29 is 14.1 Å². The summed E-state index contributed by atoms with van der Waals surface area (Å²) in [7, 11) is 0. The topological polar surface area (TPSA) is 109 Å². The number of nitrogens with zero attached hydrogens (tertiary/aromatic N) is 2. The average Bonchev–Trinajstić information content (AvgIpc) is 3.16. The van der Waals surface area contributed by atoms with Gasteiger partial charge in [0.25, 0.3) is 11.6 Å². The molecule has 144 valence electrons. The third kappa shape index (κ3) is 4.46. The Labute approximate surface area is 162 Å². The number of nitrogens with one attached hydrogen (secondary N) is 1. The average molecular weight is 379 g/mol. The maximum Gasteiger partial charge on any atom is 0.269 e. The smallest absolute Gasteiger partial charge is 0.269 e. The van der Waals surface area contributed by atoms with Crippen molar-refractivity contribution in [1.82, 2.24) is 5.32 Å². The van der Waals surface area contributed by atoms with Crippen LogP contribution in [0.5, 0.6) is 0 Å². The van der Waals surface area contributed by atoms with E-state index in [2.05, 4.69) is 12.2 Å². The number of nitro groups is 1. The van der Waals surface area contributed by atoms with Gasteiger partial charge in [0.2, 0.25) is 0 Å². The largest absolute Gasteiger partial charge is 0.457 e. The fourth-order valence-corrected chi connectivity index (χ4v) is 3.40. The molecule has 3 rings (SSSR count). The Balaban J connectivity index is 1.73. The minimum absolute atomic E-state index is 0.00388. The summed E-state index contributed by atoms with van der Waals surface area (Å²) >= 11 is 0. The van der Waals surface area contributed by atoms with E-state index in [9.17, 15) is 20.2 Å². The molecule has 7 heteroatoms. The van der Waals surface area contributed by atoms with Gasteiger partial charge in [-0.05, 0) is 43.0 Å². The van der Waals surface area contributed by atoms with Gasteiger partial charge >= 0.3 is 0 Å². The molecule has 1 aliphatic carbocycles. The normalized spacial score (nSPS) is 19.6. The lowest BCUT2D eigenvalue weighted by atomic mass is 9.86. The van der Waals surface area contributed by atoms with E-state index >= 15 is 0 Å². The zero-order valence-electron chi connectivity index (χ0n) is 15.6. The van der Waals surface area contributed by atoms with Crippen LogP contribution < -0.4 is 5.32 Å². The summed E-state index contributed by atoms with van der Waals surface area (Å²) in [6.45, 7) is 2.11. The highest BCUT2D eigenvalue weighted by molar-refractivity contribution is 6.01. The molecule has 0 saturated heterocycles. The van der Waals surface area contributed by atoms with E-state index in [1.807, 2.05) is 6.07 Å². The summed E-state index contributed by atoms with van der Waals surface area (Å²) in [5, 5.41) is 23.1. The molecule has 0 aliphatic heterocycles. The molecular formula is C21H21N3O4. The van der Waals surface area contributed by atoms with Gasteiger partial charge in [0.1, 0.15) is 23.2 Å². The number of nitriles is 1. The highest BCUT2D eigenvalue weighted by Gasteiger charge is 2.24. The van der Waals surface area contributed by atoms with Crippen molar-refractivity contribution in [2.24, 2.45) is 5.92 Å². The summed E-state index contributed by atoms with van der Waals surface area (Å²) in [5.74, 6) is 0.876. The number of non-ortho nitro benzene ring substituents is 1. The molecule has 28 heavy (non-hydrogen) atoms. The lowest BCUT2D eigenvalue weighted by Crippen LogP contribution is -2.41. The quantitative estimate of drug-likeness (QED) is 0.357. The van der Waals surface area contributed by atoms with Crippen molar-refractivity contribution in [3.8, 4) is 17.4 Å². The van der Waals surface area contributed by atoms with Crippen LogP contribution in [0.3, 0.4) is 0 Å². The van der Waals surface area contributed by atoms with Crippen molar-refractivity contribution in [2.75, 3.05) is 0 Å². The lowest BCUT2D eigenvalue weighted by molar-refractivity contribution is -0.384. The SMILES string of the molecule is CC1CCCCC1NC(=O)/C(C#N)=C/c1ccc(-c2ccc([N+](=O)[O-])cc2)o1. The van der Waals surface area contributed by atoms with Gasteiger partial charge in [-0.2, -0.15) is 5.26 Å². The van der Waals surface area contributed by atoms with Crippen LogP contribution >= 0.6 is 0 Å². The first-order valence-electron chi connectivity index (χ1n) is 9.25. The van der Waals surface area contributed by atoms with Crippen LogP contribution in [0.25, 0.3) is 17.4 Å². The number of rotatable bonds is 5. The van der Waals surface area contributed by atoms with Crippen LogP contribution in [0.15, 0.2) is 46.4 Å².